The highest BCUT2D eigenvalue weighted by Gasteiger charge is 2.26. The minimum Gasteiger partial charge on any atom is -0.299 e. The fourth-order valence-electron chi connectivity index (χ4n) is 2.80. The zero-order valence-electron chi connectivity index (χ0n) is 14.1. The molecule has 0 heterocycles. The molecule has 21 heavy (non-hydrogen) atoms. The molecule has 0 fully saturated rings. The third kappa shape index (κ3) is 5.71. The van der Waals surface area contributed by atoms with Gasteiger partial charge in [0.1, 0.15) is 6.29 Å². The maximum atomic E-state index is 10.3. The van der Waals surface area contributed by atoms with Crippen molar-refractivity contribution >= 4 is 6.29 Å². The molecule has 114 valence electrons. The fraction of sp³-hybridized carbons (Fsp3) is 0.450. The summed E-state index contributed by atoms with van der Waals surface area (Å²) in [6, 6.07) is 0. The number of carbonyl (C=O) groups excluding carboxylic acids is 1. The summed E-state index contributed by atoms with van der Waals surface area (Å²) in [5, 5.41) is 0. The summed E-state index contributed by atoms with van der Waals surface area (Å²) >= 11 is 0. The van der Waals surface area contributed by atoms with E-state index < -0.39 is 0 Å². The van der Waals surface area contributed by atoms with Crippen LogP contribution in [0.25, 0.3) is 0 Å². The molecule has 0 aliphatic heterocycles. The Kier molecular flexibility index (Phi) is 6.61. The van der Waals surface area contributed by atoms with E-state index in [9.17, 15) is 4.79 Å². The summed E-state index contributed by atoms with van der Waals surface area (Å²) < 4.78 is 0. The molecule has 1 aliphatic rings. The number of allylic oxidation sites excluding steroid dienone is 10. The topological polar surface area (TPSA) is 17.1 Å². The molecule has 0 aromatic heterocycles. The Morgan fingerprint density at radius 2 is 1.76 bits per heavy atom. The van der Waals surface area contributed by atoms with Gasteiger partial charge in [-0.3, -0.25) is 4.79 Å². The summed E-state index contributed by atoms with van der Waals surface area (Å²) in [7, 11) is 0. The van der Waals surface area contributed by atoms with Crippen molar-refractivity contribution in [1.29, 1.82) is 0 Å². The fourth-order valence-corrected chi connectivity index (χ4v) is 2.80. The molecular formula is C20H28O. The Morgan fingerprint density at radius 3 is 2.38 bits per heavy atom. The first-order valence-corrected chi connectivity index (χ1v) is 7.72. The van der Waals surface area contributed by atoms with E-state index in [-0.39, 0.29) is 5.41 Å². The van der Waals surface area contributed by atoms with Gasteiger partial charge in [0.05, 0.1) is 0 Å². The van der Waals surface area contributed by atoms with Crippen molar-refractivity contribution in [2.75, 3.05) is 0 Å². The Balaban J connectivity index is 2.80. The second-order valence-electron chi connectivity index (χ2n) is 6.58. The van der Waals surface area contributed by atoms with Crippen LogP contribution >= 0.6 is 0 Å². The third-order valence-corrected chi connectivity index (χ3v) is 4.10. The highest BCUT2D eigenvalue weighted by Crippen LogP contribution is 2.40. The molecule has 0 amide bonds. The zero-order chi connectivity index (χ0) is 15.9. The summed E-state index contributed by atoms with van der Waals surface area (Å²) in [5.74, 6) is 0. The molecule has 0 bridgehead atoms. The van der Waals surface area contributed by atoms with E-state index in [1.54, 1.807) is 6.08 Å². The number of carbonyl (C=O) groups is 1. The van der Waals surface area contributed by atoms with E-state index >= 15 is 0 Å². The standard InChI is InChI=1S/C20H28O/c1-16(8-6-9-17(2)13-15-21)11-12-19-18(3)10-7-14-20(19,4)5/h6,8-9,11-13,15H,7,10,14H2,1-5H3/b9-6-,12-11+,16-8-,17-13-. The maximum absolute atomic E-state index is 10.3. The van der Waals surface area contributed by atoms with Crippen LogP contribution in [0.15, 0.2) is 58.7 Å². The van der Waals surface area contributed by atoms with Gasteiger partial charge in [-0.2, -0.15) is 0 Å². The third-order valence-electron chi connectivity index (χ3n) is 4.10. The normalized spacial score (nSPS) is 20.6. The van der Waals surface area contributed by atoms with Crippen LogP contribution in [0, 0.1) is 5.41 Å². The van der Waals surface area contributed by atoms with Crippen molar-refractivity contribution in [3.63, 3.8) is 0 Å². The second kappa shape index (κ2) is 7.97. The van der Waals surface area contributed by atoms with E-state index in [1.807, 2.05) is 19.1 Å². The molecule has 0 spiro atoms. The van der Waals surface area contributed by atoms with E-state index in [2.05, 4.69) is 45.9 Å². The van der Waals surface area contributed by atoms with Crippen LogP contribution in [0.4, 0.5) is 0 Å². The summed E-state index contributed by atoms with van der Waals surface area (Å²) in [4.78, 5) is 10.3. The molecular weight excluding hydrogens is 256 g/mol. The van der Waals surface area contributed by atoms with Crippen LogP contribution < -0.4 is 0 Å². The Morgan fingerprint density at radius 1 is 1.10 bits per heavy atom. The van der Waals surface area contributed by atoms with Gasteiger partial charge in [-0.05, 0) is 62.7 Å². The lowest BCUT2D eigenvalue weighted by Gasteiger charge is -2.32. The first-order valence-electron chi connectivity index (χ1n) is 7.72. The van der Waals surface area contributed by atoms with Gasteiger partial charge < -0.3 is 0 Å². The monoisotopic (exact) mass is 284 g/mol. The van der Waals surface area contributed by atoms with Gasteiger partial charge in [0.15, 0.2) is 0 Å². The summed E-state index contributed by atoms with van der Waals surface area (Å²) in [6.45, 7) is 10.9. The highest BCUT2D eigenvalue weighted by molar-refractivity contribution is 5.66. The largest absolute Gasteiger partial charge is 0.299 e. The van der Waals surface area contributed by atoms with Crippen molar-refractivity contribution in [2.45, 2.75) is 53.9 Å². The van der Waals surface area contributed by atoms with Crippen LogP contribution in [-0.2, 0) is 4.79 Å². The van der Waals surface area contributed by atoms with Gasteiger partial charge in [0, 0.05) is 0 Å². The van der Waals surface area contributed by atoms with Crippen molar-refractivity contribution < 1.29 is 4.79 Å². The van der Waals surface area contributed by atoms with Crippen molar-refractivity contribution in [2.24, 2.45) is 5.41 Å². The molecule has 0 N–H and O–H groups in total. The second-order valence-corrected chi connectivity index (χ2v) is 6.58. The minimum atomic E-state index is 0.290. The summed E-state index contributed by atoms with van der Waals surface area (Å²) in [5.41, 5.74) is 5.48. The predicted molar refractivity (Wildman–Crippen MR) is 92.2 cm³/mol. The number of hydrogen-bond acceptors (Lipinski definition) is 1. The Labute approximate surface area is 129 Å². The highest BCUT2D eigenvalue weighted by atomic mass is 16.1. The molecule has 0 atom stereocenters. The number of aldehydes is 1. The number of rotatable bonds is 5. The predicted octanol–water partition coefficient (Wildman–Crippen LogP) is 5.72. The van der Waals surface area contributed by atoms with Crippen LogP contribution in [0.3, 0.4) is 0 Å². The van der Waals surface area contributed by atoms with Gasteiger partial charge in [0.25, 0.3) is 0 Å². The lowest BCUT2D eigenvalue weighted by Crippen LogP contribution is -2.19. The van der Waals surface area contributed by atoms with Gasteiger partial charge >= 0.3 is 0 Å². The van der Waals surface area contributed by atoms with E-state index in [1.165, 1.54) is 36.0 Å². The molecule has 0 radical (unpaired) electrons. The van der Waals surface area contributed by atoms with Crippen molar-refractivity contribution in [1.82, 2.24) is 0 Å². The van der Waals surface area contributed by atoms with Crippen molar-refractivity contribution in [3.05, 3.63) is 58.7 Å². The molecule has 0 aromatic carbocycles. The van der Waals surface area contributed by atoms with E-state index in [0.717, 1.165) is 11.9 Å². The Hall–Kier alpha value is -1.63. The van der Waals surface area contributed by atoms with Crippen LogP contribution in [0.1, 0.15) is 53.9 Å². The van der Waals surface area contributed by atoms with Crippen molar-refractivity contribution in [3.8, 4) is 0 Å². The molecule has 1 heteroatoms. The first kappa shape index (κ1) is 17.4. The molecule has 0 saturated carbocycles. The Bertz CT molecular complexity index is 522. The molecule has 1 nitrogen and oxygen atoms in total. The van der Waals surface area contributed by atoms with Gasteiger partial charge in [-0.15, -0.1) is 0 Å². The SMILES string of the molecule is CC1=C(/C=C/C(C)=C\C=C/C(C)=C\C=O)C(C)(C)CCC1. The maximum Gasteiger partial charge on any atom is 0.143 e. The zero-order valence-corrected chi connectivity index (χ0v) is 14.1. The average molecular weight is 284 g/mol. The van der Waals surface area contributed by atoms with Crippen LogP contribution in [-0.4, -0.2) is 6.29 Å². The molecule has 0 unspecified atom stereocenters. The smallest absolute Gasteiger partial charge is 0.143 e. The van der Waals surface area contributed by atoms with Gasteiger partial charge in [0.2, 0.25) is 0 Å². The first-order chi connectivity index (χ1) is 9.86. The quantitative estimate of drug-likeness (QED) is 0.358. The van der Waals surface area contributed by atoms with E-state index in [4.69, 9.17) is 0 Å². The molecule has 1 aliphatic carbocycles. The number of hydrogen-bond donors (Lipinski definition) is 0. The lowest BCUT2D eigenvalue weighted by atomic mass is 9.72. The molecule has 0 saturated heterocycles. The van der Waals surface area contributed by atoms with E-state index in [0.29, 0.717) is 0 Å². The summed E-state index contributed by atoms with van der Waals surface area (Å²) in [6.07, 6.45) is 16.6. The van der Waals surface area contributed by atoms with Crippen LogP contribution in [0.5, 0.6) is 0 Å². The molecule has 0 aromatic rings. The van der Waals surface area contributed by atoms with Crippen LogP contribution in [0.2, 0.25) is 0 Å². The van der Waals surface area contributed by atoms with Gasteiger partial charge in [-0.1, -0.05) is 55.4 Å². The lowest BCUT2D eigenvalue weighted by molar-refractivity contribution is -0.104. The minimum absolute atomic E-state index is 0.290. The average Bonchev–Trinajstić information content (AvgIpc) is 2.37. The van der Waals surface area contributed by atoms with Gasteiger partial charge in [-0.25, -0.2) is 0 Å². The molecule has 1 rings (SSSR count).